The molecule has 0 atom stereocenters. The Balaban J connectivity index is 1.60. The van der Waals surface area contributed by atoms with E-state index in [0.717, 1.165) is 33.7 Å². The van der Waals surface area contributed by atoms with Gasteiger partial charge in [0.15, 0.2) is 11.6 Å². The summed E-state index contributed by atoms with van der Waals surface area (Å²) in [7, 11) is 3.93. The van der Waals surface area contributed by atoms with Crippen LogP contribution in [0.4, 0.5) is 0 Å². The second-order valence-electron chi connectivity index (χ2n) is 5.52. The van der Waals surface area contributed by atoms with Gasteiger partial charge >= 0.3 is 0 Å². The van der Waals surface area contributed by atoms with E-state index in [0.29, 0.717) is 0 Å². The molecule has 2 aromatic carbocycles. The minimum absolute atomic E-state index is 0.762. The molecule has 118 valence electrons. The van der Waals surface area contributed by atoms with Crippen LogP contribution in [0.5, 0.6) is 0 Å². The molecule has 4 rings (SSSR count). The van der Waals surface area contributed by atoms with Crippen molar-refractivity contribution in [2.45, 2.75) is 0 Å². The lowest BCUT2D eigenvalue weighted by atomic mass is 10.3. The molecule has 0 saturated carbocycles. The van der Waals surface area contributed by atoms with Gasteiger partial charge in [-0.1, -0.05) is 24.3 Å². The number of aryl methyl sites for hydroxylation is 2. The fraction of sp³-hybridized carbons (Fsp3) is 0.111. The van der Waals surface area contributed by atoms with Crippen molar-refractivity contribution in [3.05, 3.63) is 60.2 Å². The largest absolute Gasteiger partial charge is 0.326 e. The number of para-hydroxylation sites is 4. The highest BCUT2D eigenvalue weighted by Crippen LogP contribution is 2.14. The molecule has 0 aliphatic heterocycles. The standard InChI is InChI=1S/C18H16N6/c1-23-15-9-5-3-7-13(15)21-17(23)11-19-20-12-18-22-14-8-4-6-10-16(14)24(18)2/h3-12H,1-2H3/b19-11+,20-12+. The average Bonchev–Trinajstić information content (AvgIpc) is 3.10. The fourth-order valence-electron chi connectivity index (χ4n) is 2.73. The smallest absolute Gasteiger partial charge is 0.153 e. The molecule has 0 N–H and O–H groups in total. The van der Waals surface area contributed by atoms with Crippen LogP contribution >= 0.6 is 0 Å². The molecule has 24 heavy (non-hydrogen) atoms. The summed E-state index contributed by atoms with van der Waals surface area (Å²) < 4.78 is 3.98. The van der Waals surface area contributed by atoms with Crippen molar-refractivity contribution in [3.8, 4) is 0 Å². The lowest BCUT2D eigenvalue weighted by molar-refractivity contribution is 0.929. The summed E-state index contributed by atoms with van der Waals surface area (Å²) >= 11 is 0. The number of imidazole rings is 2. The third-order valence-electron chi connectivity index (χ3n) is 4.06. The van der Waals surface area contributed by atoms with E-state index in [1.807, 2.05) is 71.8 Å². The van der Waals surface area contributed by atoms with Gasteiger partial charge in [-0.2, -0.15) is 10.2 Å². The third-order valence-corrected chi connectivity index (χ3v) is 4.06. The Morgan fingerprint density at radius 2 is 1.12 bits per heavy atom. The van der Waals surface area contributed by atoms with E-state index in [2.05, 4.69) is 20.2 Å². The molecule has 0 bridgehead atoms. The fourth-order valence-corrected chi connectivity index (χ4v) is 2.73. The summed E-state index contributed by atoms with van der Waals surface area (Å²) in [6, 6.07) is 16.0. The van der Waals surface area contributed by atoms with Crippen LogP contribution in [0.1, 0.15) is 11.6 Å². The van der Waals surface area contributed by atoms with Crippen molar-refractivity contribution >= 4 is 34.5 Å². The number of aromatic nitrogens is 4. The zero-order chi connectivity index (χ0) is 16.5. The summed E-state index contributed by atoms with van der Waals surface area (Å²) in [5.74, 6) is 1.52. The molecule has 0 spiro atoms. The first kappa shape index (κ1) is 14.3. The lowest BCUT2D eigenvalue weighted by Gasteiger charge is -1.95. The van der Waals surface area contributed by atoms with Crippen LogP contribution in [-0.2, 0) is 14.1 Å². The molecule has 6 heteroatoms. The van der Waals surface area contributed by atoms with Crippen molar-refractivity contribution < 1.29 is 0 Å². The maximum absolute atomic E-state index is 4.53. The molecule has 0 aliphatic carbocycles. The second kappa shape index (κ2) is 5.73. The van der Waals surface area contributed by atoms with Gasteiger partial charge in [0.25, 0.3) is 0 Å². The van der Waals surface area contributed by atoms with Crippen LogP contribution in [0.3, 0.4) is 0 Å². The first-order chi connectivity index (χ1) is 11.7. The SMILES string of the molecule is Cn1c(/C=N/N=C/c2nc3ccccc3n2C)nc2ccccc21. The zero-order valence-corrected chi connectivity index (χ0v) is 13.5. The van der Waals surface area contributed by atoms with Crippen molar-refractivity contribution in [1.82, 2.24) is 19.1 Å². The summed E-state index contributed by atoms with van der Waals surface area (Å²) in [6.07, 6.45) is 3.30. The van der Waals surface area contributed by atoms with Gasteiger partial charge in [-0.15, -0.1) is 0 Å². The molecule has 0 amide bonds. The van der Waals surface area contributed by atoms with E-state index in [1.54, 1.807) is 12.4 Å². The van der Waals surface area contributed by atoms with Crippen molar-refractivity contribution in [3.63, 3.8) is 0 Å². The van der Waals surface area contributed by atoms with E-state index >= 15 is 0 Å². The van der Waals surface area contributed by atoms with E-state index < -0.39 is 0 Å². The Bertz CT molecular complexity index is 995. The van der Waals surface area contributed by atoms with E-state index in [9.17, 15) is 0 Å². The Labute approximate surface area is 138 Å². The number of fused-ring (bicyclic) bond motifs is 2. The number of hydrogen-bond acceptors (Lipinski definition) is 4. The summed E-state index contributed by atoms with van der Waals surface area (Å²) in [5.41, 5.74) is 4.03. The molecule has 0 aliphatic rings. The van der Waals surface area contributed by atoms with Crippen LogP contribution < -0.4 is 0 Å². The number of rotatable bonds is 3. The van der Waals surface area contributed by atoms with E-state index in [-0.39, 0.29) is 0 Å². The topological polar surface area (TPSA) is 60.4 Å². The molecule has 0 saturated heterocycles. The van der Waals surface area contributed by atoms with E-state index in [1.165, 1.54) is 0 Å². The Kier molecular flexibility index (Phi) is 3.42. The quantitative estimate of drug-likeness (QED) is 0.431. The van der Waals surface area contributed by atoms with Gasteiger partial charge in [0, 0.05) is 14.1 Å². The molecule has 0 radical (unpaired) electrons. The van der Waals surface area contributed by atoms with Crippen LogP contribution in [0, 0.1) is 0 Å². The summed E-state index contributed by atoms with van der Waals surface area (Å²) in [4.78, 5) is 9.06. The van der Waals surface area contributed by atoms with Gasteiger partial charge < -0.3 is 9.13 Å². The molecular weight excluding hydrogens is 300 g/mol. The molecule has 0 unspecified atom stereocenters. The van der Waals surface area contributed by atoms with Crippen LogP contribution in [0.15, 0.2) is 58.7 Å². The maximum atomic E-state index is 4.53. The Morgan fingerprint density at radius 3 is 1.54 bits per heavy atom. The average molecular weight is 316 g/mol. The number of hydrogen-bond donors (Lipinski definition) is 0. The molecule has 6 nitrogen and oxygen atoms in total. The predicted molar refractivity (Wildman–Crippen MR) is 96.6 cm³/mol. The van der Waals surface area contributed by atoms with Gasteiger partial charge in [-0.05, 0) is 24.3 Å². The molecule has 4 aromatic rings. The van der Waals surface area contributed by atoms with Crippen LogP contribution in [0.2, 0.25) is 0 Å². The first-order valence-electron chi connectivity index (χ1n) is 7.63. The second-order valence-corrected chi connectivity index (χ2v) is 5.52. The third kappa shape index (κ3) is 2.38. The minimum atomic E-state index is 0.762. The van der Waals surface area contributed by atoms with Gasteiger partial charge in [-0.25, -0.2) is 9.97 Å². The molecular formula is C18H16N6. The highest BCUT2D eigenvalue weighted by molar-refractivity contribution is 5.87. The summed E-state index contributed by atoms with van der Waals surface area (Å²) in [5, 5.41) is 8.22. The first-order valence-corrected chi connectivity index (χ1v) is 7.63. The molecule has 2 heterocycles. The van der Waals surface area contributed by atoms with E-state index in [4.69, 9.17) is 0 Å². The summed E-state index contributed by atoms with van der Waals surface area (Å²) in [6.45, 7) is 0. The lowest BCUT2D eigenvalue weighted by Crippen LogP contribution is -1.97. The number of benzene rings is 2. The highest BCUT2D eigenvalue weighted by atomic mass is 15.2. The molecule has 2 aromatic heterocycles. The minimum Gasteiger partial charge on any atom is -0.326 e. The molecule has 0 fully saturated rings. The van der Waals surface area contributed by atoms with Crippen molar-refractivity contribution in [2.75, 3.05) is 0 Å². The Morgan fingerprint density at radius 1 is 0.708 bits per heavy atom. The maximum Gasteiger partial charge on any atom is 0.153 e. The van der Waals surface area contributed by atoms with Crippen LogP contribution in [0.25, 0.3) is 22.1 Å². The zero-order valence-electron chi connectivity index (χ0n) is 13.5. The van der Waals surface area contributed by atoms with Gasteiger partial charge in [0.1, 0.15) is 0 Å². The monoisotopic (exact) mass is 316 g/mol. The number of nitrogens with zero attached hydrogens (tertiary/aromatic N) is 6. The van der Waals surface area contributed by atoms with Gasteiger partial charge in [0.2, 0.25) is 0 Å². The normalized spacial score (nSPS) is 12.2. The van der Waals surface area contributed by atoms with Crippen molar-refractivity contribution in [1.29, 1.82) is 0 Å². The van der Waals surface area contributed by atoms with Crippen molar-refractivity contribution in [2.24, 2.45) is 24.3 Å². The predicted octanol–water partition coefficient (Wildman–Crippen LogP) is 2.91. The Hall–Kier alpha value is -3.28. The van der Waals surface area contributed by atoms with Gasteiger partial charge in [-0.3, -0.25) is 0 Å². The van der Waals surface area contributed by atoms with Gasteiger partial charge in [0.05, 0.1) is 34.5 Å². The van der Waals surface area contributed by atoms with Crippen LogP contribution in [-0.4, -0.2) is 31.5 Å². The highest BCUT2D eigenvalue weighted by Gasteiger charge is 2.05.